The summed E-state index contributed by atoms with van der Waals surface area (Å²) in [5, 5.41) is 19.8. The number of alkyl halides is 3. The van der Waals surface area contributed by atoms with Gasteiger partial charge in [-0.2, -0.15) is 13.2 Å². The van der Waals surface area contributed by atoms with E-state index in [4.69, 9.17) is 0 Å². The van der Waals surface area contributed by atoms with Crippen molar-refractivity contribution < 1.29 is 22.9 Å². The number of aryl methyl sites for hydroxylation is 1. The summed E-state index contributed by atoms with van der Waals surface area (Å²) in [6, 6.07) is 8.82. The number of halogens is 3. The number of nitro benzene ring substituents is 1. The number of nitro groups is 1. The van der Waals surface area contributed by atoms with E-state index in [1.807, 2.05) is 0 Å². The molecule has 1 fully saturated rings. The first-order chi connectivity index (χ1) is 15.6. The first-order valence-corrected chi connectivity index (χ1v) is 10.7. The third-order valence-electron chi connectivity index (χ3n) is 5.16. The third-order valence-corrected chi connectivity index (χ3v) is 6.27. The highest BCUT2D eigenvalue weighted by Gasteiger charge is 2.34. The number of carbonyl (C=O) groups is 1. The average Bonchev–Trinajstić information content (AvgIpc) is 3.54. The van der Waals surface area contributed by atoms with Crippen molar-refractivity contribution in [1.82, 2.24) is 19.7 Å². The van der Waals surface area contributed by atoms with Gasteiger partial charge in [0, 0.05) is 31.3 Å². The van der Waals surface area contributed by atoms with E-state index in [0.717, 1.165) is 36.7 Å². The maximum Gasteiger partial charge on any atom is 0.416 e. The van der Waals surface area contributed by atoms with Gasteiger partial charge in [0.1, 0.15) is 6.33 Å². The Labute approximate surface area is 190 Å². The van der Waals surface area contributed by atoms with Crippen LogP contribution in [0.5, 0.6) is 0 Å². The van der Waals surface area contributed by atoms with Crippen LogP contribution in [0.2, 0.25) is 0 Å². The first kappa shape index (κ1) is 22.8. The molecule has 0 unspecified atom stereocenters. The zero-order chi connectivity index (χ0) is 23.8. The second-order valence-electron chi connectivity index (χ2n) is 7.63. The maximum atomic E-state index is 13.2. The van der Waals surface area contributed by atoms with E-state index >= 15 is 0 Å². The number of hydrogen-bond acceptors (Lipinski definition) is 6. The molecule has 2 aromatic carbocycles. The van der Waals surface area contributed by atoms with Crippen LogP contribution in [0.1, 0.15) is 34.3 Å². The molecule has 0 saturated heterocycles. The Kier molecular flexibility index (Phi) is 6.11. The number of aromatic nitrogens is 3. The molecule has 0 N–H and O–H groups in total. The van der Waals surface area contributed by atoms with Gasteiger partial charge in [0.15, 0.2) is 5.16 Å². The van der Waals surface area contributed by atoms with Crippen LogP contribution in [0.15, 0.2) is 58.8 Å². The van der Waals surface area contributed by atoms with Gasteiger partial charge in [-0.3, -0.25) is 14.9 Å². The van der Waals surface area contributed by atoms with Crippen molar-refractivity contribution in [2.75, 3.05) is 0 Å². The van der Waals surface area contributed by atoms with Gasteiger partial charge in [0.25, 0.3) is 11.6 Å². The van der Waals surface area contributed by atoms with Crippen LogP contribution in [0, 0.1) is 10.1 Å². The molecule has 1 aliphatic rings. The molecule has 8 nitrogen and oxygen atoms in total. The van der Waals surface area contributed by atoms with Crippen LogP contribution >= 0.6 is 11.8 Å². The van der Waals surface area contributed by atoms with Crippen molar-refractivity contribution in [3.05, 3.63) is 75.6 Å². The molecule has 3 aromatic rings. The SMILES string of the molecule is Cn1cnnc1Sc1ccc(C(=O)N(Cc2ccc(C(F)(F)F)cc2)C2CC2)cc1[N+](=O)[O-]. The Morgan fingerprint density at radius 1 is 1.24 bits per heavy atom. The zero-order valence-corrected chi connectivity index (χ0v) is 18.1. The molecule has 12 heteroatoms. The lowest BCUT2D eigenvalue weighted by Crippen LogP contribution is -2.32. The lowest BCUT2D eigenvalue weighted by Gasteiger charge is -2.23. The molecule has 0 bridgehead atoms. The smallest absolute Gasteiger partial charge is 0.331 e. The Bertz CT molecular complexity index is 1190. The molecule has 0 spiro atoms. The van der Waals surface area contributed by atoms with Crippen molar-refractivity contribution in [3.63, 3.8) is 0 Å². The van der Waals surface area contributed by atoms with E-state index in [2.05, 4.69) is 10.2 Å². The van der Waals surface area contributed by atoms with Crippen molar-refractivity contribution >= 4 is 23.4 Å². The highest BCUT2D eigenvalue weighted by molar-refractivity contribution is 7.99. The summed E-state index contributed by atoms with van der Waals surface area (Å²) in [7, 11) is 1.71. The number of benzene rings is 2. The third kappa shape index (κ3) is 5.16. The van der Waals surface area contributed by atoms with Gasteiger partial charge in [-0.1, -0.05) is 12.1 Å². The maximum absolute atomic E-state index is 13.2. The van der Waals surface area contributed by atoms with Gasteiger partial charge in [0.05, 0.1) is 15.4 Å². The number of nitrogens with zero attached hydrogens (tertiary/aromatic N) is 5. The Morgan fingerprint density at radius 3 is 2.48 bits per heavy atom. The topological polar surface area (TPSA) is 94.2 Å². The van der Waals surface area contributed by atoms with Crippen molar-refractivity contribution in [2.45, 2.75) is 41.7 Å². The van der Waals surface area contributed by atoms with Crippen LogP contribution in [0.3, 0.4) is 0 Å². The van der Waals surface area contributed by atoms with Gasteiger partial charge in [-0.15, -0.1) is 10.2 Å². The van der Waals surface area contributed by atoms with Crippen LogP contribution < -0.4 is 0 Å². The predicted octanol–water partition coefficient (Wildman–Crippen LogP) is 4.70. The van der Waals surface area contributed by atoms with Crippen molar-refractivity contribution in [2.24, 2.45) is 7.05 Å². The molecule has 1 aliphatic carbocycles. The van der Waals surface area contributed by atoms with Gasteiger partial charge < -0.3 is 9.47 Å². The molecule has 1 saturated carbocycles. The quantitative estimate of drug-likeness (QED) is 0.362. The monoisotopic (exact) mass is 477 g/mol. The van der Waals surface area contributed by atoms with E-state index < -0.39 is 22.6 Å². The second kappa shape index (κ2) is 8.85. The molecule has 33 heavy (non-hydrogen) atoms. The predicted molar refractivity (Wildman–Crippen MR) is 113 cm³/mol. The summed E-state index contributed by atoms with van der Waals surface area (Å²) >= 11 is 1.06. The highest BCUT2D eigenvalue weighted by atomic mass is 32.2. The summed E-state index contributed by atoms with van der Waals surface area (Å²) in [6.45, 7) is 0.116. The number of carbonyl (C=O) groups excluding carboxylic acids is 1. The van der Waals surface area contributed by atoms with Gasteiger partial charge in [-0.05, 0) is 54.4 Å². The van der Waals surface area contributed by atoms with Crippen LogP contribution in [0.4, 0.5) is 18.9 Å². The second-order valence-corrected chi connectivity index (χ2v) is 8.63. The van der Waals surface area contributed by atoms with Crippen LogP contribution in [-0.4, -0.2) is 36.5 Å². The largest absolute Gasteiger partial charge is 0.416 e. The minimum atomic E-state index is -4.44. The molecular weight excluding hydrogens is 459 g/mol. The van der Waals surface area contributed by atoms with Gasteiger partial charge in [0.2, 0.25) is 0 Å². The molecular formula is C21H18F3N5O3S. The van der Waals surface area contributed by atoms with E-state index in [0.29, 0.717) is 15.6 Å². The standard InChI is InChI=1S/C21H18F3N5O3S/c1-27-12-25-26-20(27)33-18-9-4-14(10-17(18)29(31)32)19(30)28(16-7-8-16)11-13-2-5-15(6-3-13)21(22,23)24/h2-6,9-10,12,16H,7-8,11H2,1H3. The van der Waals surface area contributed by atoms with Crippen LogP contribution in [0.25, 0.3) is 0 Å². The molecule has 0 atom stereocenters. The van der Waals surface area contributed by atoms with E-state index in [-0.39, 0.29) is 23.8 Å². The molecule has 1 heterocycles. The minimum Gasteiger partial charge on any atom is -0.331 e. The normalized spacial score (nSPS) is 13.7. The van der Waals surface area contributed by atoms with Crippen molar-refractivity contribution in [3.8, 4) is 0 Å². The molecule has 0 radical (unpaired) electrons. The Balaban J connectivity index is 1.57. The Morgan fingerprint density at radius 2 is 1.94 bits per heavy atom. The molecule has 1 amide bonds. The fourth-order valence-electron chi connectivity index (χ4n) is 3.26. The number of hydrogen-bond donors (Lipinski definition) is 0. The van der Waals surface area contributed by atoms with Crippen molar-refractivity contribution in [1.29, 1.82) is 0 Å². The molecule has 172 valence electrons. The lowest BCUT2D eigenvalue weighted by molar-refractivity contribution is -0.387. The summed E-state index contributed by atoms with van der Waals surface area (Å²) in [6.07, 6.45) is -1.42. The molecule has 4 rings (SSSR count). The summed E-state index contributed by atoms with van der Waals surface area (Å²) in [4.78, 5) is 26.2. The summed E-state index contributed by atoms with van der Waals surface area (Å²) in [5.74, 6) is -0.407. The minimum absolute atomic E-state index is 0.0495. The average molecular weight is 477 g/mol. The Hall–Kier alpha value is -3.41. The fourth-order valence-corrected chi connectivity index (χ4v) is 4.11. The van der Waals surface area contributed by atoms with E-state index in [1.165, 1.54) is 36.7 Å². The number of amides is 1. The fraction of sp³-hybridized carbons (Fsp3) is 0.286. The van der Waals surface area contributed by atoms with Gasteiger partial charge >= 0.3 is 6.18 Å². The highest BCUT2D eigenvalue weighted by Crippen LogP contribution is 2.36. The van der Waals surface area contributed by atoms with E-state index in [1.54, 1.807) is 16.5 Å². The van der Waals surface area contributed by atoms with Gasteiger partial charge in [-0.25, -0.2) is 0 Å². The number of rotatable bonds is 7. The van der Waals surface area contributed by atoms with Crippen LogP contribution in [-0.2, 0) is 19.8 Å². The lowest BCUT2D eigenvalue weighted by atomic mass is 10.1. The van der Waals surface area contributed by atoms with E-state index in [9.17, 15) is 28.1 Å². The first-order valence-electron chi connectivity index (χ1n) is 9.91. The molecule has 0 aliphatic heterocycles. The molecule has 1 aromatic heterocycles. The summed E-state index contributed by atoms with van der Waals surface area (Å²) < 4.78 is 40.1. The summed E-state index contributed by atoms with van der Waals surface area (Å²) in [5.41, 5.74) is -0.309. The zero-order valence-electron chi connectivity index (χ0n) is 17.3.